The van der Waals surface area contributed by atoms with Gasteiger partial charge in [0.15, 0.2) is 15.5 Å². The molecule has 3 aromatic rings. The van der Waals surface area contributed by atoms with Crippen LogP contribution in [0.25, 0.3) is 16.9 Å². The summed E-state index contributed by atoms with van der Waals surface area (Å²) in [5.41, 5.74) is -1.48. The van der Waals surface area contributed by atoms with Crippen LogP contribution in [0.15, 0.2) is 53.4 Å². The highest BCUT2D eigenvalue weighted by Gasteiger charge is 2.35. The predicted molar refractivity (Wildman–Crippen MR) is 87.0 cm³/mol. The van der Waals surface area contributed by atoms with E-state index in [9.17, 15) is 30.4 Å². The molecule has 4 nitrogen and oxygen atoms in total. The predicted octanol–water partition coefficient (Wildman–Crippen LogP) is 4.24. The Morgan fingerprint density at radius 2 is 1.70 bits per heavy atom. The standard InChI is InChI=1S/C17H11F5N2O2S/c1-27(25,26)15-6-5-10(7-13(15)19)14-9-16(17(20,21)22)23-24(14)12-4-2-3-11(18)8-12/h2-9H,1H3. The minimum Gasteiger partial charge on any atom is -0.232 e. The number of hydrogen-bond donors (Lipinski definition) is 0. The van der Waals surface area contributed by atoms with Crippen LogP contribution in [0.4, 0.5) is 22.0 Å². The smallest absolute Gasteiger partial charge is 0.232 e. The topological polar surface area (TPSA) is 52.0 Å². The first-order valence-corrected chi connectivity index (χ1v) is 9.29. The Bertz CT molecular complexity index is 1120. The summed E-state index contributed by atoms with van der Waals surface area (Å²) in [6.45, 7) is 0. The Morgan fingerprint density at radius 1 is 1.00 bits per heavy atom. The van der Waals surface area contributed by atoms with E-state index in [1.807, 2.05) is 0 Å². The van der Waals surface area contributed by atoms with Gasteiger partial charge in [-0.25, -0.2) is 21.9 Å². The van der Waals surface area contributed by atoms with Crippen molar-refractivity contribution < 1.29 is 30.4 Å². The zero-order valence-electron chi connectivity index (χ0n) is 13.6. The summed E-state index contributed by atoms with van der Waals surface area (Å²) in [7, 11) is -3.85. The van der Waals surface area contributed by atoms with Gasteiger partial charge in [0.1, 0.15) is 16.5 Å². The van der Waals surface area contributed by atoms with Gasteiger partial charge < -0.3 is 0 Å². The molecule has 1 heterocycles. The van der Waals surface area contributed by atoms with E-state index in [0.717, 1.165) is 41.3 Å². The lowest BCUT2D eigenvalue weighted by molar-refractivity contribution is -0.141. The van der Waals surface area contributed by atoms with E-state index in [0.29, 0.717) is 6.07 Å². The number of rotatable bonds is 3. The SMILES string of the molecule is CS(=O)(=O)c1ccc(-c2cc(C(F)(F)F)nn2-c2cccc(F)c2)cc1F. The van der Waals surface area contributed by atoms with E-state index in [-0.39, 0.29) is 16.9 Å². The van der Waals surface area contributed by atoms with Crippen molar-refractivity contribution in [1.29, 1.82) is 0 Å². The first-order chi connectivity index (χ1) is 12.5. The maximum absolute atomic E-state index is 14.2. The average molecular weight is 402 g/mol. The van der Waals surface area contributed by atoms with Crippen molar-refractivity contribution in [2.24, 2.45) is 0 Å². The second-order valence-corrected chi connectivity index (χ2v) is 7.71. The first kappa shape index (κ1) is 19.0. The van der Waals surface area contributed by atoms with Crippen LogP contribution < -0.4 is 0 Å². The quantitative estimate of drug-likeness (QED) is 0.616. The number of halogens is 5. The molecule has 0 bridgehead atoms. The molecular weight excluding hydrogens is 391 g/mol. The van der Waals surface area contributed by atoms with E-state index in [1.54, 1.807) is 0 Å². The van der Waals surface area contributed by atoms with Crippen LogP contribution in [0.1, 0.15) is 5.69 Å². The summed E-state index contributed by atoms with van der Waals surface area (Å²) in [6, 6.07) is 8.29. The summed E-state index contributed by atoms with van der Waals surface area (Å²) in [5.74, 6) is -1.81. The van der Waals surface area contributed by atoms with Gasteiger partial charge in [0.25, 0.3) is 0 Å². The number of hydrogen-bond acceptors (Lipinski definition) is 3. The van der Waals surface area contributed by atoms with Gasteiger partial charge in [-0.2, -0.15) is 18.3 Å². The number of benzene rings is 2. The Morgan fingerprint density at radius 3 is 2.26 bits per heavy atom. The Labute approximate surface area is 150 Å². The number of alkyl halides is 3. The lowest BCUT2D eigenvalue weighted by Gasteiger charge is -2.09. The molecule has 2 aromatic carbocycles. The van der Waals surface area contributed by atoms with E-state index in [4.69, 9.17) is 0 Å². The molecule has 0 aliphatic carbocycles. The summed E-state index contributed by atoms with van der Waals surface area (Å²) >= 11 is 0. The van der Waals surface area contributed by atoms with Crippen LogP contribution in [0.2, 0.25) is 0 Å². The molecule has 0 amide bonds. The highest BCUT2D eigenvalue weighted by molar-refractivity contribution is 7.90. The van der Waals surface area contributed by atoms with Crippen molar-refractivity contribution >= 4 is 9.84 Å². The normalized spacial score (nSPS) is 12.4. The number of aromatic nitrogens is 2. The minimum atomic E-state index is -4.78. The van der Waals surface area contributed by atoms with E-state index in [1.165, 1.54) is 12.1 Å². The zero-order valence-corrected chi connectivity index (χ0v) is 14.4. The maximum atomic E-state index is 14.2. The molecule has 0 radical (unpaired) electrons. The van der Waals surface area contributed by atoms with Crippen LogP contribution in [0, 0.1) is 11.6 Å². The van der Waals surface area contributed by atoms with Crippen LogP contribution in [-0.4, -0.2) is 24.5 Å². The van der Waals surface area contributed by atoms with Gasteiger partial charge in [-0.3, -0.25) is 0 Å². The average Bonchev–Trinajstić information content (AvgIpc) is 2.99. The molecule has 0 N–H and O–H groups in total. The Balaban J connectivity index is 2.23. The molecule has 0 saturated carbocycles. The van der Waals surface area contributed by atoms with E-state index >= 15 is 0 Å². The van der Waals surface area contributed by atoms with Crippen LogP contribution >= 0.6 is 0 Å². The second kappa shape index (κ2) is 6.45. The first-order valence-electron chi connectivity index (χ1n) is 7.40. The molecule has 3 rings (SSSR count). The minimum absolute atomic E-state index is 0.00639. The summed E-state index contributed by atoms with van der Waals surface area (Å²) < 4.78 is 90.8. The van der Waals surface area contributed by atoms with E-state index in [2.05, 4.69) is 5.10 Å². The molecule has 0 saturated heterocycles. The maximum Gasteiger partial charge on any atom is 0.435 e. The van der Waals surface area contributed by atoms with Gasteiger partial charge in [-0.15, -0.1) is 0 Å². The van der Waals surface area contributed by atoms with Gasteiger partial charge in [0.2, 0.25) is 0 Å². The van der Waals surface area contributed by atoms with Gasteiger partial charge in [-0.1, -0.05) is 12.1 Å². The Kier molecular flexibility index (Phi) is 4.54. The molecule has 0 aliphatic heterocycles. The van der Waals surface area contributed by atoms with Crippen LogP contribution in [-0.2, 0) is 16.0 Å². The van der Waals surface area contributed by atoms with Crippen molar-refractivity contribution in [2.45, 2.75) is 11.1 Å². The van der Waals surface area contributed by atoms with Crippen LogP contribution in [0.5, 0.6) is 0 Å². The highest BCUT2D eigenvalue weighted by atomic mass is 32.2. The highest BCUT2D eigenvalue weighted by Crippen LogP contribution is 2.34. The third-order valence-corrected chi connectivity index (χ3v) is 4.81. The lowest BCUT2D eigenvalue weighted by atomic mass is 10.1. The summed E-state index contributed by atoms with van der Waals surface area (Å²) in [4.78, 5) is -0.584. The van der Waals surface area contributed by atoms with Crippen molar-refractivity contribution in [3.8, 4) is 16.9 Å². The molecule has 0 fully saturated rings. The van der Waals surface area contributed by atoms with Crippen LogP contribution in [0.3, 0.4) is 0 Å². The van der Waals surface area contributed by atoms with Gasteiger partial charge >= 0.3 is 6.18 Å². The third-order valence-electron chi connectivity index (χ3n) is 3.68. The lowest BCUT2D eigenvalue weighted by Crippen LogP contribution is -2.07. The summed E-state index contributed by atoms with van der Waals surface area (Å²) in [5, 5.41) is 3.45. The third kappa shape index (κ3) is 3.85. The molecule has 142 valence electrons. The molecule has 0 spiro atoms. The molecular formula is C17H11F5N2O2S. The number of sulfone groups is 1. The summed E-state index contributed by atoms with van der Waals surface area (Å²) in [6.07, 6.45) is -3.97. The van der Waals surface area contributed by atoms with E-state index < -0.39 is 38.2 Å². The van der Waals surface area contributed by atoms with Gasteiger partial charge in [0, 0.05) is 11.8 Å². The van der Waals surface area contributed by atoms with Crippen molar-refractivity contribution in [3.05, 3.63) is 65.9 Å². The number of nitrogens with zero attached hydrogens (tertiary/aromatic N) is 2. The molecule has 1 aromatic heterocycles. The second-order valence-electron chi connectivity index (χ2n) is 5.72. The monoisotopic (exact) mass is 402 g/mol. The molecule has 0 atom stereocenters. The van der Waals surface area contributed by atoms with Crippen molar-refractivity contribution in [2.75, 3.05) is 6.26 Å². The van der Waals surface area contributed by atoms with Gasteiger partial charge in [-0.05, 0) is 36.4 Å². The molecule has 0 aliphatic rings. The fourth-order valence-electron chi connectivity index (χ4n) is 2.49. The fourth-order valence-corrected chi connectivity index (χ4v) is 3.22. The molecule has 27 heavy (non-hydrogen) atoms. The van der Waals surface area contributed by atoms with Crippen molar-refractivity contribution in [1.82, 2.24) is 9.78 Å². The fraction of sp³-hybridized carbons (Fsp3) is 0.118. The Hall–Kier alpha value is -2.75. The molecule has 0 unspecified atom stereocenters. The zero-order chi connectivity index (χ0) is 20.0. The van der Waals surface area contributed by atoms with Gasteiger partial charge in [0.05, 0.1) is 11.4 Å². The van der Waals surface area contributed by atoms with Crippen molar-refractivity contribution in [3.63, 3.8) is 0 Å². The largest absolute Gasteiger partial charge is 0.435 e. The molecule has 10 heteroatoms.